The maximum Gasteiger partial charge on any atom is 0.225 e. The van der Waals surface area contributed by atoms with Gasteiger partial charge in [-0.05, 0) is 37.1 Å². The lowest BCUT2D eigenvalue weighted by Crippen LogP contribution is -2.35. The van der Waals surface area contributed by atoms with Crippen molar-refractivity contribution in [2.45, 2.75) is 26.3 Å². The van der Waals surface area contributed by atoms with Crippen molar-refractivity contribution in [2.24, 2.45) is 0 Å². The third-order valence-electron chi connectivity index (χ3n) is 4.15. The molecule has 0 bridgehead atoms. The minimum absolute atomic E-state index is 0.0513. The third-order valence-corrected chi connectivity index (χ3v) is 5.91. The molecule has 5 nitrogen and oxygen atoms in total. The summed E-state index contributed by atoms with van der Waals surface area (Å²) in [5, 5.41) is 3.32. The summed E-state index contributed by atoms with van der Waals surface area (Å²) in [5.41, 5.74) is 2.39. The zero-order chi connectivity index (χ0) is 19.3. The molecule has 0 aromatic heterocycles. The molecule has 0 saturated carbocycles. The van der Waals surface area contributed by atoms with Crippen molar-refractivity contribution in [1.29, 1.82) is 0 Å². The lowest BCUT2D eigenvalue weighted by atomic mass is 10.1. The number of aryl methyl sites for hydroxylation is 1. The first-order chi connectivity index (χ1) is 12.2. The Labute approximate surface area is 160 Å². The predicted octanol–water partition coefficient (Wildman–Crippen LogP) is 4.00. The Hall–Kier alpha value is -1.89. The van der Waals surface area contributed by atoms with Gasteiger partial charge in [0.1, 0.15) is 0 Å². The van der Waals surface area contributed by atoms with E-state index < -0.39 is 10.0 Å². The molecule has 0 saturated heterocycles. The Morgan fingerprint density at radius 2 is 1.85 bits per heavy atom. The summed E-state index contributed by atoms with van der Waals surface area (Å²) in [6.45, 7) is 3.79. The van der Waals surface area contributed by atoms with Gasteiger partial charge in [-0.1, -0.05) is 48.0 Å². The Morgan fingerprint density at radius 1 is 1.19 bits per heavy atom. The van der Waals surface area contributed by atoms with Gasteiger partial charge >= 0.3 is 0 Å². The number of anilines is 1. The van der Waals surface area contributed by atoms with Crippen molar-refractivity contribution in [3.8, 4) is 0 Å². The third kappa shape index (κ3) is 5.56. The highest BCUT2D eigenvalue weighted by atomic mass is 35.5. The molecule has 1 unspecified atom stereocenters. The number of nitrogens with zero attached hydrogens (tertiary/aromatic N) is 1. The molecule has 0 spiro atoms. The van der Waals surface area contributed by atoms with Crippen LogP contribution in [0.4, 0.5) is 5.69 Å². The number of nitrogens with one attached hydrogen (secondary N) is 1. The van der Waals surface area contributed by atoms with Crippen LogP contribution in [0, 0.1) is 6.92 Å². The largest absolute Gasteiger partial charge is 0.326 e. The monoisotopic (exact) mass is 394 g/mol. The van der Waals surface area contributed by atoms with Gasteiger partial charge in [0.25, 0.3) is 0 Å². The Balaban J connectivity index is 2.05. The van der Waals surface area contributed by atoms with Gasteiger partial charge in [-0.2, -0.15) is 4.31 Å². The average Bonchev–Trinajstić information content (AvgIpc) is 2.58. The first-order valence-electron chi connectivity index (χ1n) is 8.26. The van der Waals surface area contributed by atoms with Crippen molar-refractivity contribution >= 4 is 33.2 Å². The zero-order valence-electron chi connectivity index (χ0n) is 15.1. The molecule has 2 aromatic carbocycles. The smallest absolute Gasteiger partial charge is 0.225 e. The number of benzene rings is 2. The molecule has 0 radical (unpaired) electrons. The summed E-state index contributed by atoms with van der Waals surface area (Å²) in [5.74, 6) is -0.265. The zero-order valence-corrected chi connectivity index (χ0v) is 16.6. The molecule has 26 heavy (non-hydrogen) atoms. The fourth-order valence-electron chi connectivity index (χ4n) is 2.65. The van der Waals surface area contributed by atoms with Crippen molar-refractivity contribution < 1.29 is 13.2 Å². The van der Waals surface area contributed by atoms with Gasteiger partial charge in [0, 0.05) is 29.7 Å². The topological polar surface area (TPSA) is 66.5 Å². The Kier molecular flexibility index (Phi) is 6.81. The molecule has 2 aromatic rings. The summed E-state index contributed by atoms with van der Waals surface area (Å²) < 4.78 is 25.7. The van der Waals surface area contributed by atoms with E-state index in [9.17, 15) is 13.2 Å². The fraction of sp³-hybridized carbons (Fsp3) is 0.316. The molecule has 0 fully saturated rings. The molecule has 2 rings (SSSR count). The quantitative estimate of drug-likeness (QED) is 0.771. The van der Waals surface area contributed by atoms with E-state index in [1.807, 2.05) is 50.2 Å². The van der Waals surface area contributed by atoms with Crippen LogP contribution in [0.2, 0.25) is 5.02 Å². The van der Waals surface area contributed by atoms with Crippen LogP contribution in [0.3, 0.4) is 0 Å². The number of carbonyl (C=O) groups excluding carboxylic acids is 1. The molecular weight excluding hydrogens is 372 g/mol. The van der Waals surface area contributed by atoms with Crippen LogP contribution in [0.5, 0.6) is 0 Å². The number of hydrogen-bond acceptors (Lipinski definition) is 3. The number of halogens is 1. The van der Waals surface area contributed by atoms with Gasteiger partial charge in [0.05, 0.1) is 6.26 Å². The van der Waals surface area contributed by atoms with Crippen LogP contribution < -0.4 is 5.32 Å². The van der Waals surface area contributed by atoms with E-state index in [0.717, 1.165) is 17.4 Å². The number of hydrogen-bond donors (Lipinski definition) is 1. The van der Waals surface area contributed by atoms with E-state index in [1.54, 1.807) is 12.1 Å². The fourth-order valence-corrected chi connectivity index (χ4v) is 3.95. The van der Waals surface area contributed by atoms with Crippen molar-refractivity contribution in [3.63, 3.8) is 0 Å². The molecular formula is C19H23ClN2O3S. The molecule has 140 valence electrons. The predicted molar refractivity (Wildman–Crippen MR) is 106 cm³/mol. The SMILES string of the molecule is Cc1ccc(NC(=O)CCN(C(C)c2ccccc2)S(C)(=O)=O)cc1Cl. The highest BCUT2D eigenvalue weighted by Crippen LogP contribution is 2.23. The average molecular weight is 395 g/mol. The van der Waals surface area contributed by atoms with Crippen LogP contribution in [0.25, 0.3) is 0 Å². The normalized spacial score (nSPS) is 12.8. The van der Waals surface area contributed by atoms with Crippen LogP contribution in [-0.2, 0) is 14.8 Å². The van der Waals surface area contributed by atoms with Crippen LogP contribution in [-0.4, -0.2) is 31.4 Å². The second-order valence-corrected chi connectivity index (χ2v) is 8.56. The highest BCUT2D eigenvalue weighted by molar-refractivity contribution is 7.88. The minimum atomic E-state index is -3.46. The van der Waals surface area contributed by atoms with Gasteiger partial charge in [-0.25, -0.2) is 8.42 Å². The van der Waals surface area contributed by atoms with Crippen molar-refractivity contribution in [2.75, 3.05) is 18.1 Å². The first-order valence-corrected chi connectivity index (χ1v) is 10.5. The van der Waals surface area contributed by atoms with Gasteiger partial charge in [0.2, 0.25) is 15.9 Å². The minimum Gasteiger partial charge on any atom is -0.326 e. The summed E-state index contributed by atoms with van der Waals surface area (Å²) in [4.78, 5) is 12.2. The molecule has 0 aliphatic carbocycles. The summed E-state index contributed by atoms with van der Waals surface area (Å²) in [7, 11) is -3.46. The van der Waals surface area contributed by atoms with E-state index >= 15 is 0 Å². The maximum atomic E-state index is 12.2. The molecule has 0 aliphatic rings. The van der Waals surface area contributed by atoms with Gasteiger partial charge in [-0.15, -0.1) is 0 Å². The highest BCUT2D eigenvalue weighted by Gasteiger charge is 2.25. The van der Waals surface area contributed by atoms with Crippen molar-refractivity contribution in [3.05, 3.63) is 64.7 Å². The summed E-state index contributed by atoms with van der Waals surface area (Å²) in [6, 6.07) is 14.2. The van der Waals surface area contributed by atoms with E-state index in [-0.39, 0.29) is 24.9 Å². The summed E-state index contributed by atoms with van der Waals surface area (Å²) >= 11 is 6.06. The van der Waals surface area contributed by atoms with Crippen LogP contribution >= 0.6 is 11.6 Å². The van der Waals surface area contributed by atoms with E-state index in [0.29, 0.717) is 10.7 Å². The Morgan fingerprint density at radius 3 is 2.42 bits per heavy atom. The lowest BCUT2D eigenvalue weighted by molar-refractivity contribution is -0.116. The number of amides is 1. The first kappa shape index (κ1) is 20.4. The van der Waals surface area contributed by atoms with Crippen LogP contribution in [0.15, 0.2) is 48.5 Å². The number of rotatable bonds is 7. The molecule has 7 heteroatoms. The molecule has 0 heterocycles. The molecule has 1 N–H and O–H groups in total. The van der Waals surface area contributed by atoms with E-state index in [2.05, 4.69) is 5.32 Å². The second kappa shape index (κ2) is 8.66. The summed E-state index contributed by atoms with van der Waals surface area (Å²) in [6.07, 6.45) is 1.21. The van der Waals surface area contributed by atoms with Gasteiger partial charge in [-0.3, -0.25) is 4.79 Å². The van der Waals surface area contributed by atoms with Gasteiger partial charge < -0.3 is 5.32 Å². The van der Waals surface area contributed by atoms with E-state index in [1.165, 1.54) is 4.31 Å². The molecule has 0 aliphatic heterocycles. The molecule has 1 atom stereocenters. The number of sulfonamides is 1. The van der Waals surface area contributed by atoms with Crippen LogP contribution in [0.1, 0.15) is 30.5 Å². The number of carbonyl (C=O) groups is 1. The molecule has 1 amide bonds. The maximum absolute atomic E-state index is 12.2. The van der Waals surface area contributed by atoms with Crippen molar-refractivity contribution in [1.82, 2.24) is 4.31 Å². The van der Waals surface area contributed by atoms with E-state index in [4.69, 9.17) is 11.6 Å². The second-order valence-electron chi connectivity index (χ2n) is 6.22. The Bertz CT molecular complexity index is 870. The standard InChI is InChI=1S/C19H23ClN2O3S/c1-14-9-10-17(13-18(14)20)21-19(23)11-12-22(26(3,24)25)15(2)16-7-5-4-6-8-16/h4-10,13,15H,11-12H2,1-3H3,(H,21,23). The lowest BCUT2D eigenvalue weighted by Gasteiger charge is -2.27. The van der Waals surface area contributed by atoms with Gasteiger partial charge in [0.15, 0.2) is 0 Å².